The number of carbonyl (C=O) groups excluding carboxylic acids is 1. The van der Waals surface area contributed by atoms with Crippen LogP contribution in [0.1, 0.15) is 17.3 Å². The van der Waals surface area contributed by atoms with E-state index in [2.05, 4.69) is 9.97 Å². The zero-order valence-electron chi connectivity index (χ0n) is 10.8. The van der Waals surface area contributed by atoms with Crippen molar-refractivity contribution in [2.24, 2.45) is 7.05 Å². The van der Waals surface area contributed by atoms with E-state index in [1.165, 1.54) is 0 Å². The van der Waals surface area contributed by atoms with Gasteiger partial charge in [-0.25, -0.2) is 4.98 Å². The van der Waals surface area contributed by atoms with Gasteiger partial charge < -0.3 is 15.3 Å². The fourth-order valence-electron chi connectivity index (χ4n) is 2.17. The van der Waals surface area contributed by atoms with Crippen molar-refractivity contribution in [3.8, 4) is 11.5 Å². The van der Waals surface area contributed by atoms with E-state index >= 15 is 0 Å². The van der Waals surface area contributed by atoms with Gasteiger partial charge in [-0.15, -0.1) is 0 Å². The maximum Gasteiger partial charge on any atom is 0.159 e. The standard InChI is InChI=1S/C14H14N4O/c1-8(19)9-3-4-11-12(5-9)17-14(16-11)13-6-10(15)7-18(13)2/h3-7H,15H2,1-2H3,(H,16,17). The van der Waals surface area contributed by atoms with Crippen LogP contribution in [0.5, 0.6) is 0 Å². The molecule has 0 aliphatic rings. The van der Waals surface area contributed by atoms with Crippen LogP contribution in [0.2, 0.25) is 0 Å². The Morgan fingerprint density at radius 2 is 2.16 bits per heavy atom. The number of rotatable bonds is 2. The van der Waals surface area contributed by atoms with E-state index in [-0.39, 0.29) is 5.78 Å². The SMILES string of the molecule is CC(=O)c1ccc2[nH]c(-c3cc(N)cn3C)nc2c1. The van der Waals surface area contributed by atoms with E-state index in [9.17, 15) is 4.79 Å². The van der Waals surface area contributed by atoms with Crippen LogP contribution in [0.4, 0.5) is 5.69 Å². The van der Waals surface area contributed by atoms with Crippen molar-refractivity contribution in [2.45, 2.75) is 6.92 Å². The second kappa shape index (κ2) is 3.98. The van der Waals surface area contributed by atoms with Crippen LogP contribution in [-0.4, -0.2) is 20.3 Å². The summed E-state index contributed by atoms with van der Waals surface area (Å²) in [6.45, 7) is 1.55. The molecule has 2 heterocycles. The number of H-pyrrole nitrogens is 1. The quantitative estimate of drug-likeness (QED) is 0.689. The molecule has 1 aromatic carbocycles. The summed E-state index contributed by atoms with van der Waals surface area (Å²) in [5, 5.41) is 0. The fraction of sp³-hybridized carbons (Fsp3) is 0.143. The summed E-state index contributed by atoms with van der Waals surface area (Å²) < 4.78 is 1.92. The zero-order chi connectivity index (χ0) is 13.6. The molecule has 5 nitrogen and oxygen atoms in total. The lowest BCUT2D eigenvalue weighted by molar-refractivity contribution is 0.101. The molecule has 2 aromatic heterocycles. The van der Waals surface area contributed by atoms with Crippen LogP contribution in [0.15, 0.2) is 30.5 Å². The molecule has 0 aliphatic carbocycles. The molecule has 96 valence electrons. The first kappa shape index (κ1) is 11.5. The van der Waals surface area contributed by atoms with Crippen molar-refractivity contribution in [1.29, 1.82) is 0 Å². The van der Waals surface area contributed by atoms with Gasteiger partial charge in [-0.05, 0) is 31.2 Å². The van der Waals surface area contributed by atoms with Gasteiger partial charge in [0.25, 0.3) is 0 Å². The average molecular weight is 254 g/mol. The number of nitrogens with two attached hydrogens (primary N) is 1. The van der Waals surface area contributed by atoms with Crippen LogP contribution in [0.3, 0.4) is 0 Å². The number of benzene rings is 1. The fourth-order valence-corrected chi connectivity index (χ4v) is 2.17. The maximum absolute atomic E-state index is 11.4. The second-order valence-electron chi connectivity index (χ2n) is 4.64. The minimum Gasteiger partial charge on any atom is -0.397 e. The van der Waals surface area contributed by atoms with E-state index in [0.29, 0.717) is 11.3 Å². The number of aryl methyl sites for hydroxylation is 1. The first-order chi connectivity index (χ1) is 9.04. The Morgan fingerprint density at radius 1 is 1.37 bits per heavy atom. The molecule has 3 rings (SSSR count). The van der Waals surface area contributed by atoms with Gasteiger partial charge in [0.1, 0.15) is 0 Å². The number of aromatic nitrogens is 3. The summed E-state index contributed by atoms with van der Waals surface area (Å²) in [6, 6.07) is 7.33. The number of nitrogens with zero attached hydrogens (tertiary/aromatic N) is 2. The van der Waals surface area contributed by atoms with Crippen LogP contribution in [-0.2, 0) is 7.05 Å². The molecule has 0 spiro atoms. The van der Waals surface area contributed by atoms with Gasteiger partial charge in [-0.3, -0.25) is 4.79 Å². The van der Waals surface area contributed by atoms with Gasteiger partial charge in [-0.1, -0.05) is 0 Å². The summed E-state index contributed by atoms with van der Waals surface area (Å²) in [6.07, 6.45) is 1.84. The number of nitrogens with one attached hydrogen (secondary N) is 1. The van der Waals surface area contributed by atoms with E-state index in [0.717, 1.165) is 22.6 Å². The number of aromatic amines is 1. The molecule has 3 N–H and O–H groups in total. The van der Waals surface area contributed by atoms with Crippen LogP contribution in [0, 0.1) is 0 Å². The van der Waals surface area contributed by atoms with Crippen molar-refractivity contribution < 1.29 is 4.79 Å². The van der Waals surface area contributed by atoms with Crippen LogP contribution >= 0.6 is 0 Å². The zero-order valence-corrected chi connectivity index (χ0v) is 10.8. The normalized spacial score (nSPS) is 11.1. The highest BCUT2D eigenvalue weighted by molar-refractivity contribution is 5.97. The molecule has 0 unspecified atom stereocenters. The molecule has 0 aliphatic heterocycles. The summed E-state index contributed by atoms with van der Waals surface area (Å²) >= 11 is 0. The Balaban J connectivity index is 2.16. The summed E-state index contributed by atoms with van der Waals surface area (Å²) in [5.41, 5.74) is 9.73. The van der Waals surface area contributed by atoms with Gasteiger partial charge in [0.2, 0.25) is 0 Å². The number of imidazole rings is 1. The number of hydrogen-bond donors (Lipinski definition) is 2. The Hall–Kier alpha value is -2.56. The highest BCUT2D eigenvalue weighted by Crippen LogP contribution is 2.23. The maximum atomic E-state index is 11.4. The van der Waals surface area contributed by atoms with E-state index in [1.54, 1.807) is 19.1 Å². The Labute approximate surface area is 110 Å². The third kappa shape index (κ3) is 1.89. The van der Waals surface area contributed by atoms with Crippen molar-refractivity contribution in [1.82, 2.24) is 14.5 Å². The molecule has 0 atom stereocenters. The van der Waals surface area contributed by atoms with Gasteiger partial charge in [0, 0.05) is 18.8 Å². The van der Waals surface area contributed by atoms with Crippen molar-refractivity contribution in [3.05, 3.63) is 36.0 Å². The van der Waals surface area contributed by atoms with E-state index < -0.39 is 0 Å². The summed E-state index contributed by atoms with van der Waals surface area (Å²) in [4.78, 5) is 19.1. The lowest BCUT2D eigenvalue weighted by Gasteiger charge is -1.96. The molecule has 0 bridgehead atoms. The topological polar surface area (TPSA) is 76.7 Å². The molecule has 3 aromatic rings. The van der Waals surface area contributed by atoms with Crippen LogP contribution < -0.4 is 5.73 Å². The number of Topliss-reactive ketones (excluding diaryl/α,β-unsaturated/α-hetero) is 1. The van der Waals surface area contributed by atoms with E-state index in [4.69, 9.17) is 5.73 Å². The van der Waals surface area contributed by atoms with Crippen molar-refractivity contribution in [2.75, 3.05) is 5.73 Å². The van der Waals surface area contributed by atoms with Crippen molar-refractivity contribution >= 4 is 22.5 Å². The molecule has 0 amide bonds. The number of anilines is 1. The average Bonchev–Trinajstić information content (AvgIpc) is 2.90. The van der Waals surface area contributed by atoms with Crippen LogP contribution in [0.25, 0.3) is 22.6 Å². The smallest absolute Gasteiger partial charge is 0.159 e. The monoisotopic (exact) mass is 254 g/mol. The molecule has 19 heavy (non-hydrogen) atoms. The predicted molar refractivity (Wildman–Crippen MR) is 74.9 cm³/mol. The van der Waals surface area contributed by atoms with Crippen molar-refractivity contribution in [3.63, 3.8) is 0 Å². The number of fused-ring (bicyclic) bond motifs is 1. The summed E-state index contributed by atoms with van der Waals surface area (Å²) in [7, 11) is 1.92. The molecule has 0 radical (unpaired) electrons. The molecule has 0 saturated carbocycles. The Morgan fingerprint density at radius 3 is 2.79 bits per heavy atom. The first-order valence-corrected chi connectivity index (χ1v) is 5.97. The highest BCUT2D eigenvalue weighted by atomic mass is 16.1. The minimum atomic E-state index is 0.0366. The number of carbonyl (C=O) groups is 1. The van der Waals surface area contributed by atoms with Gasteiger partial charge >= 0.3 is 0 Å². The molecule has 0 fully saturated rings. The predicted octanol–water partition coefficient (Wildman–Crippen LogP) is 2.35. The van der Waals surface area contributed by atoms with Gasteiger partial charge in [-0.2, -0.15) is 0 Å². The minimum absolute atomic E-state index is 0.0366. The number of nitrogen functional groups attached to an aromatic ring is 1. The highest BCUT2D eigenvalue weighted by Gasteiger charge is 2.10. The Kier molecular flexibility index (Phi) is 2.41. The number of hydrogen-bond acceptors (Lipinski definition) is 3. The molecular formula is C14H14N4O. The Bertz CT molecular complexity index is 782. The lowest BCUT2D eigenvalue weighted by atomic mass is 10.1. The van der Waals surface area contributed by atoms with Gasteiger partial charge in [0.15, 0.2) is 11.6 Å². The lowest BCUT2D eigenvalue weighted by Crippen LogP contribution is -1.90. The number of ketones is 1. The first-order valence-electron chi connectivity index (χ1n) is 5.97. The third-order valence-electron chi connectivity index (χ3n) is 3.16. The third-order valence-corrected chi connectivity index (χ3v) is 3.16. The van der Waals surface area contributed by atoms with E-state index in [1.807, 2.05) is 29.9 Å². The molecular weight excluding hydrogens is 240 g/mol. The second-order valence-corrected chi connectivity index (χ2v) is 4.64. The molecule has 5 heteroatoms. The largest absolute Gasteiger partial charge is 0.397 e. The summed E-state index contributed by atoms with van der Waals surface area (Å²) in [5.74, 6) is 0.782. The molecule has 0 saturated heterocycles. The van der Waals surface area contributed by atoms with Gasteiger partial charge in [0.05, 0.1) is 22.4 Å².